The van der Waals surface area contributed by atoms with E-state index in [0.717, 1.165) is 5.56 Å². The number of hydrogen-bond acceptors (Lipinski definition) is 3. The lowest BCUT2D eigenvalue weighted by Gasteiger charge is -2.18. The van der Waals surface area contributed by atoms with Gasteiger partial charge in [-0.2, -0.15) is 13.2 Å². The minimum absolute atomic E-state index is 0.254. The van der Waals surface area contributed by atoms with Crippen molar-refractivity contribution in [1.29, 1.82) is 0 Å². The highest BCUT2D eigenvalue weighted by Gasteiger charge is 2.32. The molecule has 0 aliphatic carbocycles. The van der Waals surface area contributed by atoms with Crippen molar-refractivity contribution in [1.82, 2.24) is 0 Å². The molecule has 0 amide bonds. The molecule has 24 heavy (non-hydrogen) atoms. The van der Waals surface area contributed by atoms with Crippen LogP contribution in [0.25, 0.3) is 0 Å². The molecule has 0 bridgehead atoms. The number of methoxy groups -OCH3 is 1. The molecule has 1 atom stereocenters. The molecule has 2 rings (SSSR count). The van der Waals surface area contributed by atoms with Gasteiger partial charge < -0.3 is 9.47 Å². The molecule has 0 aromatic heterocycles. The van der Waals surface area contributed by atoms with Gasteiger partial charge in [-0.05, 0) is 29.7 Å². The fraction of sp³-hybridized carbons (Fsp3) is 0.278. The number of carbonyl (C=O) groups excluding carboxylic acids is 1. The molecule has 2 aromatic rings. The molecule has 128 valence electrons. The van der Waals surface area contributed by atoms with Crippen molar-refractivity contribution in [2.45, 2.75) is 18.5 Å². The molecule has 0 N–H and O–H groups in total. The van der Waals surface area contributed by atoms with Crippen LogP contribution in [0.4, 0.5) is 13.2 Å². The number of carbonyl (C=O) groups is 1. The zero-order valence-electron chi connectivity index (χ0n) is 13.0. The minimum atomic E-state index is -4.55. The lowest BCUT2D eigenvalue weighted by atomic mass is 9.92. The van der Waals surface area contributed by atoms with Crippen LogP contribution in [-0.4, -0.2) is 25.9 Å². The molecule has 6 heteroatoms. The largest absolute Gasteiger partial charge is 0.497 e. The van der Waals surface area contributed by atoms with Gasteiger partial charge in [-0.3, -0.25) is 4.79 Å². The van der Waals surface area contributed by atoms with Crippen LogP contribution in [0.3, 0.4) is 0 Å². The first-order chi connectivity index (χ1) is 11.4. The smallest absolute Gasteiger partial charge is 0.422 e. The van der Waals surface area contributed by atoms with Crippen molar-refractivity contribution in [2.24, 2.45) is 0 Å². The Labute approximate surface area is 138 Å². The number of rotatable bonds is 6. The van der Waals surface area contributed by atoms with Crippen molar-refractivity contribution < 1.29 is 27.4 Å². The molecule has 0 radical (unpaired) electrons. The minimum Gasteiger partial charge on any atom is -0.497 e. The van der Waals surface area contributed by atoms with Crippen LogP contribution in [0.1, 0.15) is 17.0 Å². The molecule has 0 aliphatic rings. The van der Waals surface area contributed by atoms with E-state index in [1.165, 1.54) is 7.11 Å². The summed E-state index contributed by atoms with van der Waals surface area (Å²) < 4.78 is 46.5. The lowest BCUT2D eigenvalue weighted by Crippen LogP contribution is -2.25. The summed E-state index contributed by atoms with van der Waals surface area (Å²) in [6.45, 7) is -1.59. The van der Waals surface area contributed by atoms with Crippen LogP contribution < -0.4 is 4.74 Å². The number of ether oxygens (including phenoxy) is 2. The van der Waals surface area contributed by atoms with Gasteiger partial charge in [0.1, 0.15) is 5.75 Å². The molecule has 0 fully saturated rings. The average molecular weight is 338 g/mol. The molecule has 0 saturated carbocycles. The molecule has 2 aromatic carbocycles. The van der Waals surface area contributed by atoms with E-state index in [1.807, 2.05) is 30.3 Å². The Hall–Kier alpha value is -2.50. The predicted molar refractivity (Wildman–Crippen MR) is 82.9 cm³/mol. The molecule has 0 spiro atoms. The maximum atomic E-state index is 12.3. The predicted octanol–water partition coefficient (Wildman–Crippen LogP) is 4.13. The number of hydrogen-bond donors (Lipinski definition) is 0. The summed E-state index contributed by atoms with van der Waals surface area (Å²) in [5, 5.41) is 0. The molecule has 1 unspecified atom stereocenters. The Kier molecular flexibility index (Phi) is 5.84. The van der Waals surface area contributed by atoms with Crippen molar-refractivity contribution >= 4 is 5.97 Å². The van der Waals surface area contributed by atoms with Crippen LogP contribution >= 0.6 is 0 Å². The van der Waals surface area contributed by atoms with Crippen molar-refractivity contribution in [2.75, 3.05) is 13.7 Å². The maximum absolute atomic E-state index is 12.3. The van der Waals surface area contributed by atoms with Gasteiger partial charge in [-0.15, -0.1) is 0 Å². The number of halogens is 3. The van der Waals surface area contributed by atoms with E-state index in [0.29, 0.717) is 11.3 Å². The molecule has 0 saturated heterocycles. The molecular formula is C18H17F3O3. The third kappa shape index (κ3) is 5.30. The first-order valence-electron chi connectivity index (χ1n) is 7.30. The molecule has 0 aliphatic heterocycles. The van der Waals surface area contributed by atoms with Gasteiger partial charge in [0.25, 0.3) is 0 Å². The van der Waals surface area contributed by atoms with Gasteiger partial charge in [-0.25, -0.2) is 0 Å². The van der Waals surface area contributed by atoms with Crippen molar-refractivity contribution in [3.05, 3.63) is 65.7 Å². The average Bonchev–Trinajstić information content (AvgIpc) is 2.58. The highest BCUT2D eigenvalue weighted by Crippen LogP contribution is 2.26. The zero-order chi connectivity index (χ0) is 17.6. The standard InChI is InChI=1S/C18H17F3O3/c1-23-15-9-7-14(8-10-15)16(11-13-5-3-2-4-6-13)17(22)24-12-18(19,20)21/h2-10,16H,11-12H2,1H3. The third-order valence-corrected chi connectivity index (χ3v) is 3.46. The zero-order valence-corrected chi connectivity index (χ0v) is 13.0. The van der Waals surface area contributed by atoms with Crippen LogP contribution in [0.15, 0.2) is 54.6 Å². The number of alkyl halides is 3. The van der Waals surface area contributed by atoms with E-state index in [4.69, 9.17) is 4.74 Å². The van der Waals surface area contributed by atoms with Crippen LogP contribution in [0.5, 0.6) is 5.75 Å². The topological polar surface area (TPSA) is 35.5 Å². The highest BCUT2D eigenvalue weighted by atomic mass is 19.4. The quantitative estimate of drug-likeness (QED) is 0.743. The van der Waals surface area contributed by atoms with E-state index in [-0.39, 0.29) is 6.42 Å². The highest BCUT2D eigenvalue weighted by molar-refractivity contribution is 5.78. The van der Waals surface area contributed by atoms with Crippen molar-refractivity contribution in [3.8, 4) is 5.75 Å². The van der Waals surface area contributed by atoms with Crippen LogP contribution in [-0.2, 0) is 16.0 Å². The van der Waals surface area contributed by atoms with Gasteiger partial charge in [0.2, 0.25) is 0 Å². The molecule has 3 nitrogen and oxygen atoms in total. The molecule has 0 heterocycles. The summed E-state index contributed by atoms with van der Waals surface area (Å²) in [6.07, 6.45) is -4.29. The summed E-state index contributed by atoms with van der Waals surface area (Å²) in [7, 11) is 1.51. The second-order valence-corrected chi connectivity index (χ2v) is 5.24. The van der Waals surface area contributed by atoms with Crippen LogP contribution in [0.2, 0.25) is 0 Å². The van der Waals surface area contributed by atoms with Gasteiger partial charge in [0.15, 0.2) is 6.61 Å². The van der Waals surface area contributed by atoms with Gasteiger partial charge in [0, 0.05) is 0 Å². The van der Waals surface area contributed by atoms with E-state index in [1.54, 1.807) is 24.3 Å². The van der Waals surface area contributed by atoms with E-state index in [9.17, 15) is 18.0 Å². The maximum Gasteiger partial charge on any atom is 0.422 e. The summed E-state index contributed by atoms with van der Waals surface area (Å²) in [4.78, 5) is 12.2. The summed E-state index contributed by atoms with van der Waals surface area (Å²) in [5.41, 5.74) is 1.41. The fourth-order valence-electron chi connectivity index (χ4n) is 2.28. The van der Waals surface area contributed by atoms with Gasteiger partial charge >= 0.3 is 12.1 Å². The Balaban J connectivity index is 2.21. The normalized spacial score (nSPS) is 12.5. The fourth-order valence-corrected chi connectivity index (χ4v) is 2.28. The van der Waals surface area contributed by atoms with Gasteiger partial charge in [0.05, 0.1) is 13.0 Å². The summed E-state index contributed by atoms with van der Waals surface area (Å²) in [5.74, 6) is -1.12. The van der Waals surface area contributed by atoms with E-state index < -0.39 is 24.7 Å². The first-order valence-corrected chi connectivity index (χ1v) is 7.30. The van der Waals surface area contributed by atoms with Crippen LogP contribution in [0, 0.1) is 0 Å². The first kappa shape index (κ1) is 17.8. The second kappa shape index (κ2) is 7.86. The number of esters is 1. The molecular weight excluding hydrogens is 321 g/mol. The Bertz CT molecular complexity index is 651. The lowest BCUT2D eigenvalue weighted by molar-refractivity contribution is -0.187. The Morgan fingerprint density at radius 3 is 2.21 bits per heavy atom. The summed E-state index contributed by atoms with van der Waals surface area (Å²) >= 11 is 0. The SMILES string of the molecule is COc1ccc(C(Cc2ccccc2)C(=O)OCC(F)(F)F)cc1. The van der Waals surface area contributed by atoms with E-state index in [2.05, 4.69) is 4.74 Å². The Morgan fingerprint density at radius 1 is 1.04 bits per heavy atom. The van der Waals surface area contributed by atoms with Crippen molar-refractivity contribution in [3.63, 3.8) is 0 Å². The third-order valence-electron chi connectivity index (χ3n) is 3.46. The van der Waals surface area contributed by atoms with E-state index >= 15 is 0 Å². The Morgan fingerprint density at radius 2 is 1.67 bits per heavy atom. The second-order valence-electron chi connectivity index (χ2n) is 5.24. The van der Waals surface area contributed by atoms with Gasteiger partial charge in [-0.1, -0.05) is 42.5 Å². The number of benzene rings is 2. The monoisotopic (exact) mass is 338 g/mol. The summed E-state index contributed by atoms with van der Waals surface area (Å²) in [6, 6.07) is 15.7.